The van der Waals surface area contributed by atoms with Crippen molar-refractivity contribution in [2.45, 2.75) is 30.6 Å². The summed E-state index contributed by atoms with van der Waals surface area (Å²) in [7, 11) is -3.72. The maximum absolute atomic E-state index is 12.3. The third-order valence-electron chi connectivity index (χ3n) is 3.93. The molecule has 0 spiro atoms. The summed E-state index contributed by atoms with van der Waals surface area (Å²) >= 11 is 0. The zero-order valence-corrected chi connectivity index (χ0v) is 12.0. The zero-order valence-electron chi connectivity index (χ0n) is 11.2. The Morgan fingerprint density at radius 1 is 1.30 bits per heavy atom. The van der Waals surface area contributed by atoms with Gasteiger partial charge in [0.1, 0.15) is 6.07 Å². The molecular formula is C14H18N2O3S. The molecule has 2 rings (SSSR count). The van der Waals surface area contributed by atoms with Crippen LogP contribution in [-0.4, -0.2) is 26.7 Å². The van der Waals surface area contributed by atoms with Crippen LogP contribution < -0.4 is 4.72 Å². The third-order valence-corrected chi connectivity index (χ3v) is 5.39. The number of nitrogens with zero attached hydrogens (tertiary/aromatic N) is 1. The van der Waals surface area contributed by atoms with Gasteiger partial charge in [-0.2, -0.15) is 5.26 Å². The molecular weight excluding hydrogens is 276 g/mol. The number of aliphatic hydroxyl groups excluding tert-OH is 1. The Hall–Kier alpha value is -1.42. The number of aliphatic hydroxyl groups is 1. The smallest absolute Gasteiger partial charge is 0.241 e. The molecule has 0 aliphatic heterocycles. The highest BCUT2D eigenvalue weighted by Crippen LogP contribution is 2.37. The van der Waals surface area contributed by atoms with Gasteiger partial charge in [0, 0.05) is 18.6 Å². The number of benzene rings is 1. The molecule has 1 aromatic carbocycles. The van der Waals surface area contributed by atoms with Crippen LogP contribution in [0.5, 0.6) is 0 Å². The minimum atomic E-state index is -3.72. The Morgan fingerprint density at radius 2 is 1.95 bits per heavy atom. The van der Waals surface area contributed by atoms with Crippen LogP contribution in [0.25, 0.3) is 0 Å². The molecule has 20 heavy (non-hydrogen) atoms. The van der Waals surface area contributed by atoms with E-state index < -0.39 is 10.0 Å². The second kappa shape index (κ2) is 5.92. The number of sulfonamides is 1. The van der Waals surface area contributed by atoms with Crippen molar-refractivity contribution < 1.29 is 13.5 Å². The van der Waals surface area contributed by atoms with Crippen LogP contribution in [0.1, 0.15) is 31.2 Å². The van der Waals surface area contributed by atoms with Crippen LogP contribution in [0.15, 0.2) is 29.2 Å². The number of nitriles is 1. The minimum absolute atomic E-state index is 0.00594. The molecule has 0 saturated heterocycles. The largest absolute Gasteiger partial charge is 0.396 e. The van der Waals surface area contributed by atoms with Crippen molar-refractivity contribution in [1.29, 1.82) is 5.26 Å². The van der Waals surface area contributed by atoms with E-state index >= 15 is 0 Å². The lowest BCUT2D eigenvalue weighted by atomic mass is 9.88. The molecule has 0 bridgehead atoms. The van der Waals surface area contributed by atoms with Gasteiger partial charge in [-0.25, -0.2) is 13.1 Å². The molecule has 0 radical (unpaired) electrons. The van der Waals surface area contributed by atoms with Gasteiger partial charge >= 0.3 is 0 Å². The number of hydrogen-bond acceptors (Lipinski definition) is 4. The summed E-state index contributed by atoms with van der Waals surface area (Å²) in [6, 6.07) is 8.00. The lowest BCUT2D eigenvalue weighted by Gasteiger charge is -2.26. The van der Waals surface area contributed by atoms with Crippen LogP contribution in [-0.2, 0) is 10.0 Å². The predicted octanol–water partition coefficient (Wildman–Crippen LogP) is 1.39. The van der Waals surface area contributed by atoms with Gasteiger partial charge in [0.15, 0.2) is 0 Å². The van der Waals surface area contributed by atoms with Crippen LogP contribution in [0.4, 0.5) is 0 Å². The van der Waals surface area contributed by atoms with Crippen molar-refractivity contribution in [3.8, 4) is 6.07 Å². The van der Waals surface area contributed by atoms with E-state index in [1.54, 1.807) is 12.1 Å². The van der Waals surface area contributed by atoms with Crippen LogP contribution >= 0.6 is 0 Å². The molecule has 1 aliphatic carbocycles. The van der Waals surface area contributed by atoms with E-state index in [1.165, 1.54) is 12.1 Å². The molecule has 2 N–H and O–H groups in total. The second-order valence-electron chi connectivity index (χ2n) is 5.30. The Labute approximate surface area is 119 Å². The van der Waals surface area contributed by atoms with Crippen molar-refractivity contribution in [3.63, 3.8) is 0 Å². The van der Waals surface area contributed by atoms with E-state index in [-0.39, 0.29) is 29.0 Å². The first-order valence-electron chi connectivity index (χ1n) is 6.63. The summed E-state index contributed by atoms with van der Waals surface area (Å²) in [4.78, 5) is -0.00594. The predicted molar refractivity (Wildman–Crippen MR) is 74.3 cm³/mol. The lowest BCUT2D eigenvalue weighted by molar-refractivity contribution is 0.134. The van der Waals surface area contributed by atoms with Crippen molar-refractivity contribution in [2.24, 2.45) is 5.41 Å². The summed E-state index contributed by atoms with van der Waals surface area (Å²) in [5.74, 6) is 0. The first-order chi connectivity index (χ1) is 9.53. The Balaban J connectivity index is 2.18. The first kappa shape index (κ1) is 15.0. The summed E-state index contributed by atoms with van der Waals surface area (Å²) in [5.41, 5.74) is -0.223. The topological polar surface area (TPSA) is 90.2 Å². The Morgan fingerprint density at radius 3 is 2.55 bits per heavy atom. The van der Waals surface area contributed by atoms with Gasteiger partial charge in [-0.3, -0.25) is 0 Å². The van der Waals surface area contributed by atoms with E-state index in [9.17, 15) is 13.5 Å². The highest BCUT2D eigenvalue weighted by atomic mass is 32.2. The fourth-order valence-electron chi connectivity index (χ4n) is 2.63. The van der Waals surface area contributed by atoms with Crippen molar-refractivity contribution in [1.82, 2.24) is 4.72 Å². The van der Waals surface area contributed by atoms with Crippen molar-refractivity contribution >= 4 is 10.0 Å². The van der Waals surface area contributed by atoms with Crippen LogP contribution in [0, 0.1) is 16.7 Å². The molecule has 1 aliphatic rings. The minimum Gasteiger partial charge on any atom is -0.396 e. The van der Waals surface area contributed by atoms with E-state index in [1.807, 2.05) is 6.07 Å². The van der Waals surface area contributed by atoms with Gasteiger partial charge < -0.3 is 5.11 Å². The van der Waals surface area contributed by atoms with Gasteiger partial charge in [0.25, 0.3) is 0 Å². The Kier molecular flexibility index (Phi) is 4.43. The average Bonchev–Trinajstić information content (AvgIpc) is 2.95. The summed E-state index contributed by atoms with van der Waals surface area (Å²) in [6.07, 6.45) is 3.67. The molecule has 1 saturated carbocycles. The zero-order chi connectivity index (χ0) is 14.6. The highest BCUT2D eigenvalue weighted by Gasteiger charge is 2.34. The van der Waals surface area contributed by atoms with Gasteiger partial charge in [0.2, 0.25) is 10.0 Å². The quantitative estimate of drug-likeness (QED) is 0.858. The van der Waals surface area contributed by atoms with Crippen molar-refractivity contribution in [3.05, 3.63) is 29.8 Å². The fourth-order valence-corrected chi connectivity index (χ4v) is 3.95. The maximum Gasteiger partial charge on any atom is 0.241 e. The van der Waals surface area contributed by atoms with Gasteiger partial charge in [0.05, 0.1) is 10.5 Å². The number of nitrogens with one attached hydrogen (secondary N) is 1. The molecule has 0 unspecified atom stereocenters. The molecule has 108 valence electrons. The molecule has 0 aromatic heterocycles. The summed E-state index contributed by atoms with van der Waals surface area (Å²) in [5, 5.41) is 18.5. The number of rotatable bonds is 5. The van der Waals surface area contributed by atoms with E-state index in [0.717, 1.165) is 25.7 Å². The highest BCUT2D eigenvalue weighted by molar-refractivity contribution is 7.89. The van der Waals surface area contributed by atoms with E-state index in [0.29, 0.717) is 0 Å². The fraction of sp³-hybridized carbons (Fsp3) is 0.500. The molecule has 1 fully saturated rings. The Bertz CT molecular complexity index is 614. The first-order valence-corrected chi connectivity index (χ1v) is 8.11. The molecule has 0 heterocycles. The summed E-state index contributed by atoms with van der Waals surface area (Å²) < 4.78 is 27.1. The maximum atomic E-state index is 12.3. The third kappa shape index (κ3) is 3.01. The van der Waals surface area contributed by atoms with Crippen molar-refractivity contribution in [2.75, 3.05) is 13.2 Å². The standard InChI is InChI=1S/C14H18N2O3S/c15-9-12-5-1-2-6-13(12)20(18,19)16-10-14(11-17)7-3-4-8-14/h1-2,5-6,16-17H,3-4,7-8,10-11H2. The average molecular weight is 294 g/mol. The summed E-state index contributed by atoms with van der Waals surface area (Å²) in [6.45, 7) is 0.195. The SMILES string of the molecule is N#Cc1ccccc1S(=O)(=O)NCC1(CO)CCCC1. The van der Waals surface area contributed by atoms with Gasteiger partial charge in [-0.1, -0.05) is 25.0 Å². The van der Waals surface area contributed by atoms with Gasteiger partial charge in [-0.15, -0.1) is 0 Å². The molecule has 1 aromatic rings. The van der Waals surface area contributed by atoms with E-state index in [2.05, 4.69) is 4.72 Å². The second-order valence-corrected chi connectivity index (χ2v) is 7.03. The monoisotopic (exact) mass is 294 g/mol. The van der Waals surface area contributed by atoms with Crippen LogP contribution in [0.3, 0.4) is 0 Å². The van der Waals surface area contributed by atoms with Crippen LogP contribution in [0.2, 0.25) is 0 Å². The van der Waals surface area contributed by atoms with E-state index in [4.69, 9.17) is 5.26 Å². The molecule has 0 atom stereocenters. The van der Waals surface area contributed by atoms with Gasteiger partial charge in [-0.05, 0) is 25.0 Å². The normalized spacial score (nSPS) is 17.8. The molecule has 5 nitrogen and oxygen atoms in total. The molecule has 6 heteroatoms. The molecule has 0 amide bonds. The lowest BCUT2D eigenvalue weighted by Crippen LogP contribution is -2.38. The number of hydrogen-bond donors (Lipinski definition) is 2.